The Bertz CT molecular complexity index is 970. The van der Waals surface area contributed by atoms with Crippen LogP contribution in [-0.2, 0) is 16.0 Å². The van der Waals surface area contributed by atoms with Gasteiger partial charge in [0.1, 0.15) is 6.04 Å². The number of likely N-dealkylation sites (tertiary alicyclic amines) is 1. The largest absolute Gasteiger partial charge is 0.351 e. The highest BCUT2D eigenvalue weighted by molar-refractivity contribution is 5.94. The fourth-order valence-electron chi connectivity index (χ4n) is 3.74. The summed E-state index contributed by atoms with van der Waals surface area (Å²) < 4.78 is 0. The quantitative estimate of drug-likeness (QED) is 0.506. The summed E-state index contributed by atoms with van der Waals surface area (Å²) in [6, 6.07) is 14.2. The van der Waals surface area contributed by atoms with Crippen LogP contribution in [0, 0.1) is 10.1 Å². The van der Waals surface area contributed by atoms with Crippen molar-refractivity contribution in [3.8, 4) is 0 Å². The van der Waals surface area contributed by atoms with Gasteiger partial charge in [-0.1, -0.05) is 30.3 Å². The predicted molar refractivity (Wildman–Crippen MR) is 118 cm³/mol. The molecule has 0 bridgehead atoms. The number of piperidine rings is 1. The number of nitro groups is 1. The molecule has 3 rings (SSSR count). The Morgan fingerprint density at radius 1 is 1.06 bits per heavy atom. The maximum absolute atomic E-state index is 12.8. The molecule has 9 nitrogen and oxygen atoms in total. The fraction of sp³-hybridized carbons (Fsp3) is 0.348. The van der Waals surface area contributed by atoms with Gasteiger partial charge in [0.05, 0.1) is 4.92 Å². The van der Waals surface area contributed by atoms with Gasteiger partial charge in [0.2, 0.25) is 11.8 Å². The van der Waals surface area contributed by atoms with Crippen LogP contribution in [0.3, 0.4) is 0 Å². The van der Waals surface area contributed by atoms with Crippen LogP contribution in [0.5, 0.6) is 0 Å². The molecule has 0 radical (unpaired) electrons. The van der Waals surface area contributed by atoms with Crippen molar-refractivity contribution in [2.24, 2.45) is 0 Å². The van der Waals surface area contributed by atoms with Gasteiger partial charge in [0, 0.05) is 50.2 Å². The molecule has 2 aromatic carbocycles. The van der Waals surface area contributed by atoms with Crippen molar-refractivity contribution in [2.45, 2.75) is 38.3 Å². The first-order valence-electron chi connectivity index (χ1n) is 10.5. The average molecular weight is 438 g/mol. The Balaban J connectivity index is 1.54. The van der Waals surface area contributed by atoms with Gasteiger partial charge in [-0.25, -0.2) is 0 Å². The van der Waals surface area contributed by atoms with Crippen LogP contribution in [0.25, 0.3) is 0 Å². The average Bonchev–Trinajstić information content (AvgIpc) is 2.79. The van der Waals surface area contributed by atoms with Crippen molar-refractivity contribution >= 4 is 23.4 Å². The summed E-state index contributed by atoms with van der Waals surface area (Å²) in [5, 5.41) is 16.5. The molecule has 0 saturated carbocycles. The number of nitro benzene ring substituents is 1. The summed E-state index contributed by atoms with van der Waals surface area (Å²) in [4.78, 5) is 49.0. The van der Waals surface area contributed by atoms with E-state index in [4.69, 9.17) is 0 Å². The highest BCUT2D eigenvalue weighted by Gasteiger charge is 2.27. The highest BCUT2D eigenvalue weighted by atomic mass is 16.6. The van der Waals surface area contributed by atoms with Gasteiger partial charge in [0.15, 0.2) is 0 Å². The number of nitrogens with one attached hydrogen (secondary N) is 2. The summed E-state index contributed by atoms with van der Waals surface area (Å²) in [6.07, 6.45) is 1.56. The topological polar surface area (TPSA) is 122 Å². The monoisotopic (exact) mass is 438 g/mol. The first-order valence-corrected chi connectivity index (χ1v) is 10.5. The van der Waals surface area contributed by atoms with Gasteiger partial charge in [0.25, 0.3) is 11.6 Å². The molecule has 1 saturated heterocycles. The normalized spacial score (nSPS) is 15.0. The van der Waals surface area contributed by atoms with E-state index in [-0.39, 0.29) is 29.5 Å². The van der Waals surface area contributed by atoms with Crippen LogP contribution < -0.4 is 10.6 Å². The van der Waals surface area contributed by atoms with Crippen LogP contribution in [0.1, 0.15) is 35.7 Å². The van der Waals surface area contributed by atoms with E-state index in [9.17, 15) is 24.5 Å². The molecule has 1 aliphatic heterocycles. The Kier molecular flexibility index (Phi) is 7.54. The third kappa shape index (κ3) is 6.13. The molecule has 0 unspecified atom stereocenters. The molecule has 32 heavy (non-hydrogen) atoms. The molecule has 1 atom stereocenters. The van der Waals surface area contributed by atoms with E-state index in [1.165, 1.54) is 31.2 Å². The number of carbonyl (C=O) groups is 3. The van der Waals surface area contributed by atoms with E-state index in [0.717, 1.165) is 5.56 Å². The van der Waals surface area contributed by atoms with E-state index >= 15 is 0 Å². The number of benzene rings is 2. The second-order valence-electron chi connectivity index (χ2n) is 7.82. The maximum atomic E-state index is 12.8. The van der Waals surface area contributed by atoms with E-state index in [0.29, 0.717) is 37.9 Å². The first-order chi connectivity index (χ1) is 15.3. The lowest BCUT2D eigenvalue weighted by molar-refractivity contribution is -0.384. The molecular weight excluding hydrogens is 412 g/mol. The third-order valence-electron chi connectivity index (χ3n) is 5.43. The van der Waals surface area contributed by atoms with Gasteiger partial charge < -0.3 is 15.5 Å². The van der Waals surface area contributed by atoms with Gasteiger partial charge in [-0.05, 0) is 30.5 Å². The van der Waals surface area contributed by atoms with Crippen LogP contribution in [0.4, 0.5) is 5.69 Å². The summed E-state index contributed by atoms with van der Waals surface area (Å²) in [5.74, 6) is -0.710. The maximum Gasteiger partial charge on any atom is 0.269 e. The Labute approximate surface area is 185 Å². The molecule has 9 heteroatoms. The Hall–Kier alpha value is -3.75. The van der Waals surface area contributed by atoms with Crippen LogP contribution >= 0.6 is 0 Å². The molecular formula is C23H26N4O5. The third-order valence-corrected chi connectivity index (χ3v) is 5.43. The predicted octanol–water partition coefficient (Wildman–Crippen LogP) is 2.06. The SMILES string of the molecule is CC(=O)N[C@@H](Cc1ccccc1)C(=O)NC1CCN(C(=O)c2ccc([N+](=O)[O-])cc2)CC1. The lowest BCUT2D eigenvalue weighted by Crippen LogP contribution is -2.53. The molecule has 1 aliphatic rings. The summed E-state index contributed by atoms with van der Waals surface area (Å²) >= 11 is 0. The Morgan fingerprint density at radius 2 is 1.69 bits per heavy atom. The van der Waals surface area contributed by atoms with Crippen molar-refractivity contribution in [3.05, 3.63) is 75.8 Å². The number of non-ortho nitro benzene ring substituents is 1. The minimum absolute atomic E-state index is 0.0628. The fourth-order valence-corrected chi connectivity index (χ4v) is 3.74. The molecule has 1 heterocycles. The number of amides is 3. The lowest BCUT2D eigenvalue weighted by Gasteiger charge is -2.33. The Morgan fingerprint density at radius 3 is 2.25 bits per heavy atom. The lowest BCUT2D eigenvalue weighted by atomic mass is 10.0. The van der Waals surface area contributed by atoms with Gasteiger partial charge in [-0.15, -0.1) is 0 Å². The number of rotatable bonds is 7. The number of carbonyl (C=O) groups excluding carboxylic acids is 3. The highest BCUT2D eigenvalue weighted by Crippen LogP contribution is 2.17. The molecule has 1 fully saturated rings. The van der Waals surface area contributed by atoms with Crippen molar-refractivity contribution in [1.82, 2.24) is 15.5 Å². The zero-order chi connectivity index (χ0) is 23.1. The smallest absolute Gasteiger partial charge is 0.269 e. The minimum atomic E-state index is -0.672. The van der Waals surface area contributed by atoms with E-state index < -0.39 is 11.0 Å². The summed E-state index contributed by atoms with van der Waals surface area (Å²) in [6.45, 7) is 2.31. The molecule has 0 aromatic heterocycles. The molecule has 0 spiro atoms. The van der Waals surface area contributed by atoms with Crippen molar-refractivity contribution in [2.75, 3.05) is 13.1 Å². The molecule has 3 amide bonds. The van der Waals surface area contributed by atoms with Gasteiger partial charge in [-0.3, -0.25) is 24.5 Å². The van der Waals surface area contributed by atoms with Gasteiger partial charge in [-0.2, -0.15) is 0 Å². The standard InChI is InChI=1S/C23H26N4O5/c1-16(28)24-21(15-17-5-3-2-4-6-17)22(29)25-19-11-13-26(14-12-19)23(30)18-7-9-20(10-8-18)27(31)32/h2-10,19,21H,11-15H2,1H3,(H,24,28)(H,25,29)/t21-/m0/s1. The summed E-state index contributed by atoms with van der Waals surface area (Å²) in [7, 11) is 0. The van der Waals surface area contributed by atoms with Crippen molar-refractivity contribution < 1.29 is 19.3 Å². The van der Waals surface area contributed by atoms with Gasteiger partial charge >= 0.3 is 0 Å². The van der Waals surface area contributed by atoms with Crippen LogP contribution in [0.2, 0.25) is 0 Å². The molecule has 168 valence electrons. The number of hydrogen-bond acceptors (Lipinski definition) is 5. The molecule has 2 N–H and O–H groups in total. The van der Waals surface area contributed by atoms with Crippen LogP contribution in [-0.4, -0.2) is 52.7 Å². The number of hydrogen-bond donors (Lipinski definition) is 2. The zero-order valence-electron chi connectivity index (χ0n) is 17.8. The van der Waals surface area contributed by atoms with E-state index in [2.05, 4.69) is 10.6 Å². The van der Waals surface area contributed by atoms with Crippen molar-refractivity contribution in [1.29, 1.82) is 0 Å². The second-order valence-corrected chi connectivity index (χ2v) is 7.82. The molecule has 2 aromatic rings. The summed E-state index contributed by atoms with van der Waals surface area (Å²) in [5.41, 5.74) is 1.28. The first kappa shape index (κ1) is 22.9. The van der Waals surface area contributed by atoms with E-state index in [1.54, 1.807) is 4.90 Å². The number of nitrogens with zero attached hydrogens (tertiary/aromatic N) is 2. The molecule has 0 aliphatic carbocycles. The van der Waals surface area contributed by atoms with E-state index in [1.807, 2.05) is 30.3 Å². The van der Waals surface area contributed by atoms with Crippen molar-refractivity contribution in [3.63, 3.8) is 0 Å². The minimum Gasteiger partial charge on any atom is -0.351 e. The van der Waals surface area contributed by atoms with Crippen LogP contribution in [0.15, 0.2) is 54.6 Å². The second kappa shape index (κ2) is 10.5. The zero-order valence-corrected chi connectivity index (χ0v) is 17.8.